The van der Waals surface area contributed by atoms with Gasteiger partial charge < -0.3 is 15.5 Å². The van der Waals surface area contributed by atoms with Crippen molar-refractivity contribution >= 4 is 29.9 Å². The van der Waals surface area contributed by atoms with E-state index < -0.39 is 0 Å². The molecule has 0 spiro atoms. The number of piperidine rings is 1. The summed E-state index contributed by atoms with van der Waals surface area (Å²) in [5, 5.41) is 3.03. The quantitative estimate of drug-likeness (QED) is 0.459. The zero-order valence-corrected chi connectivity index (χ0v) is 14.4. The van der Waals surface area contributed by atoms with Gasteiger partial charge in [-0.05, 0) is 45.0 Å². The van der Waals surface area contributed by atoms with Crippen LogP contribution in [0.25, 0.3) is 0 Å². The van der Waals surface area contributed by atoms with E-state index in [1.807, 2.05) is 19.1 Å². The molecule has 0 bridgehead atoms. The summed E-state index contributed by atoms with van der Waals surface area (Å²) in [6.45, 7) is 5.68. The van der Waals surface area contributed by atoms with Gasteiger partial charge in [0.05, 0.1) is 18.8 Å². The number of guanidine groups is 1. The zero-order valence-electron chi connectivity index (χ0n) is 12.0. The van der Waals surface area contributed by atoms with E-state index in [0.717, 1.165) is 25.4 Å². The molecule has 1 aliphatic heterocycles. The molecule has 114 valence electrons. The highest BCUT2D eigenvalue weighted by Gasteiger charge is 2.24. The summed E-state index contributed by atoms with van der Waals surface area (Å²) >= 11 is 0. The highest BCUT2D eigenvalue weighted by Crippen LogP contribution is 2.25. The van der Waals surface area contributed by atoms with Crippen molar-refractivity contribution in [1.29, 1.82) is 0 Å². The molecule has 6 heteroatoms. The van der Waals surface area contributed by atoms with Crippen molar-refractivity contribution in [1.82, 2.24) is 10.2 Å². The first-order valence-electron chi connectivity index (χ1n) is 7.12. The first-order valence-corrected chi connectivity index (χ1v) is 7.12. The van der Waals surface area contributed by atoms with Gasteiger partial charge in [0, 0.05) is 6.54 Å². The number of nitrogens with two attached hydrogens (primary N) is 1. The third-order valence-electron chi connectivity index (χ3n) is 3.50. The van der Waals surface area contributed by atoms with Gasteiger partial charge in [0.1, 0.15) is 5.76 Å². The zero-order chi connectivity index (χ0) is 13.5. The van der Waals surface area contributed by atoms with Crippen molar-refractivity contribution < 1.29 is 4.42 Å². The molecular weight excluding hydrogens is 367 g/mol. The van der Waals surface area contributed by atoms with Crippen LogP contribution >= 0.6 is 24.0 Å². The predicted octanol–water partition coefficient (Wildman–Crippen LogP) is 2.35. The Kier molecular flexibility index (Phi) is 7.98. The predicted molar refractivity (Wildman–Crippen MR) is 92.5 cm³/mol. The summed E-state index contributed by atoms with van der Waals surface area (Å²) in [5.74, 6) is 1.49. The molecule has 5 nitrogen and oxygen atoms in total. The SMILES string of the molecule is CCNC(N)=NCC(c1ccco1)N1CCCCC1.I. The number of likely N-dealkylation sites (tertiary alicyclic amines) is 1. The smallest absolute Gasteiger partial charge is 0.188 e. The Balaban J connectivity index is 0.00000200. The van der Waals surface area contributed by atoms with Crippen LogP contribution in [-0.2, 0) is 0 Å². The van der Waals surface area contributed by atoms with Crippen LogP contribution in [-0.4, -0.2) is 37.0 Å². The lowest BCUT2D eigenvalue weighted by Gasteiger charge is -2.32. The van der Waals surface area contributed by atoms with Gasteiger partial charge in [-0.3, -0.25) is 9.89 Å². The maximum atomic E-state index is 5.81. The molecule has 0 radical (unpaired) electrons. The topological polar surface area (TPSA) is 66.8 Å². The second kappa shape index (κ2) is 9.23. The van der Waals surface area contributed by atoms with Crippen molar-refractivity contribution in [3.8, 4) is 0 Å². The molecule has 1 atom stereocenters. The van der Waals surface area contributed by atoms with Crippen LogP contribution in [0.5, 0.6) is 0 Å². The van der Waals surface area contributed by atoms with Crippen molar-refractivity contribution in [3.63, 3.8) is 0 Å². The lowest BCUT2D eigenvalue weighted by molar-refractivity contribution is 0.150. The minimum Gasteiger partial charge on any atom is -0.468 e. The van der Waals surface area contributed by atoms with Gasteiger partial charge in [-0.1, -0.05) is 6.42 Å². The highest BCUT2D eigenvalue weighted by molar-refractivity contribution is 14.0. The van der Waals surface area contributed by atoms with Crippen molar-refractivity contribution in [2.75, 3.05) is 26.2 Å². The van der Waals surface area contributed by atoms with Crippen LogP contribution < -0.4 is 11.1 Å². The second-order valence-corrected chi connectivity index (χ2v) is 4.88. The molecule has 1 saturated heterocycles. The number of rotatable bonds is 5. The molecule has 3 N–H and O–H groups in total. The molecule has 20 heavy (non-hydrogen) atoms. The maximum Gasteiger partial charge on any atom is 0.188 e. The average molecular weight is 392 g/mol. The number of nitrogens with zero attached hydrogens (tertiary/aromatic N) is 2. The van der Waals surface area contributed by atoms with Crippen molar-refractivity contribution in [2.45, 2.75) is 32.2 Å². The first-order chi connectivity index (χ1) is 9.31. The first kappa shape index (κ1) is 17.3. The second-order valence-electron chi connectivity index (χ2n) is 4.88. The Morgan fingerprint density at radius 3 is 2.80 bits per heavy atom. The highest BCUT2D eigenvalue weighted by atomic mass is 127. The third-order valence-corrected chi connectivity index (χ3v) is 3.50. The summed E-state index contributed by atoms with van der Waals surface area (Å²) in [6, 6.07) is 4.16. The summed E-state index contributed by atoms with van der Waals surface area (Å²) in [6.07, 6.45) is 5.56. The fraction of sp³-hybridized carbons (Fsp3) is 0.643. The molecule has 1 fully saturated rings. The normalized spacial score (nSPS) is 18.4. The van der Waals surface area contributed by atoms with E-state index >= 15 is 0 Å². The van der Waals surface area contributed by atoms with Crippen LogP contribution in [0.15, 0.2) is 27.8 Å². The maximum absolute atomic E-state index is 5.81. The van der Waals surface area contributed by atoms with E-state index in [4.69, 9.17) is 10.2 Å². The largest absolute Gasteiger partial charge is 0.468 e. The number of hydrogen-bond donors (Lipinski definition) is 2. The minimum absolute atomic E-state index is 0. The number of furan rings is 1. The lowest BCUT2D eigenvalue weighted by atomic mass is 10.1. The van der Waals surface area contributed by atoms with E-state index in [2.05, 4.69) is 15.2 Å². The fourth-order valence-corrected chi connectivity index (χ4v) is 2.52. The summed E-state index contributed by atoms with van der Waals surface area (Å²) in [5.41, 5.74) is 5.81. The number of hydrogen-bond acceptors (Lipinski definition) is 3. The third kappa shape index (κ3) is 4.97. The summed E-state index contributed by atoms with van der Waals surface area (Å²) in [4.78, 5) is 6.88. The van der Waals surface area contributed by atoms with Crippen molar-refractivity contribution in [2.24, 2.45) is 10.7 Å². The molecule has 1 aromatic rings. The number of aliphatic imine (C=N–C) groups is 1. The molecule has 2 heterocycles. The molecular formula is C14H25IN4O. The van der Waals surface area contributed by atoms with Crippen LogP contribution in [0.4, 0.5) is 0 Å². The van der Waals surface area contributed by atoms with Crippen molar-refractivity contribution in [3.05, 3.63) is 24.2 Å². The average Bonchev–Trinajstić information content (AvgIpc) is 2.94. The molecule has 1 unspecified atom stereocenters. The number of nitrogens with one attached hydrogen (secondary N) is 1. The Bertz CT molecular complexity index is 388. The van der Waals surface area contributed by atoms with Gasteiger partial charge in [-0.15, -0.1) is 24.0 Å². The van der Waals surface area contributed by atoms with Crippen LogP contribution in [0.3, 0.4) is 0 Å². The Hall–Kier alpha value is -0.760. The van der Waals surface area contributed by atoms with Crippen LogP contribution in [0.1, 0.15) is 38.0 Å². The van der Waals surface area contributed by atoms with E-state index in [-0.39, 0.29) is 30.0 Å². The molecule has 0 saturated carbocycles. The fourth-order valence-electron chi connectivity index (χ4n) is 2.52. The summed E-state index contributed by atoms with van der Waals surface area (Å²) < 4.78 is 5.57. The Morgan fingerprint density at radius 1 is 1.45 bits per heavy atom. The molecule has 2 rings (SSSR count). The molecule has 0 amide bonds. The van der Waals surface area contributed by atoms with Gasteiger partial charge in [0.15, 0.2) is 5.96 Å². The Morgan fingerprint density at radius 2 is 2.20 bits per heavy atom. The van der Waals surface area contributed by atoms with E-state index in [1.165, 1.54) is 19.3 Å². The molecule has 1 aliphatic rings. The van der Waals surface area contributed by atoms with Gasteiger partial charge in [0.25, 0.3) is 0 Å². The molecule has 0 aromatic carbocycles. The van der Waals surface area contributed by atoms with Gasteiger partial charge in [0.2, 0.25) is 0 Å². The minimum atomic E-state index is 0. The number of halogens is 1. The van der Waals surface area contributed by atoms with E-state index in [0.29, 0.717) is 12.5 Å². The van der Waals surface area contributed by atoms with Gasteiger partial charge >= 0.3 is 0 Å². The van der Waals surface area contributed by atoms with Gasteiger partial charge in [-0.25, -0.2) is 0 Å². The van der Waals surface area contributed by atoms with E-state index in [1.54, 1.807) is 6.26 Å². The molecule has 1 aromatic heterocycles. The van der Waals surface area contributed by atoms with Crippen LogP contribution in [0.2, 0.25) is 0 Å². The molecule has 0 aliphatic carbocycles. The monoisotopic (exact) mass is 392 g/mol. The van der Waals surface area contributed by atoms with Crippen LogP contribution in [0, 0.1) is 0 Å². The standard InChI is InChI=1S/C14H24N4O.HI/c1-2-16-14(15)17-11-12(13-7-6-10-19-13)18-8-4-3-5-9-18;/h6-7,10,12H,2-5,8-9,11H2,1H3,(H3,15,16,17);1H. The Labute approximate surface area is 138 Å². The lowest BCUT2D eigenvalue weighted by Crippen LogP contribution is -2.37. The van der Waals surface area contributed by atoms with E-state index in [9.17, 15) is 0 Å². The van der Waals surface area contributed by atoms with Gasteiger partial charge in [-0.2, -0.15) is 0 Å². The summed E-state index contributed by atoms with van der Waals surface area (Å²) in [7, 11) is 0.